The van der Waals surface area contributed by atoms with Crippen molar-refractivity contribution in [3.8, 4) is 11.5 Å². The molecule has 0 radical (unpaired) electrons. The molecule has 1 aliphatic rings. The van der Waals surface area contributed by atoms with Crippen LogP contribution in [0.25, 0.3) is 0 Å². The summed E-state index contributed by atoms with van der Waals surface area (Å²) in [6.45, 7) is 11.9. The van der Waals surface area contributed by atoms with Gasteiger partial charge in [-0.3, -0.25) is 9.36 Å². The van der Waals surface area contributed by atoms with E-state index in [-0.39, 0.29) is 23.4 Å². The van der Waals surface area contributed by atoms with Gasteiger partial charge in [0.2, 0.25) is 5.91 Å². The van der Waals surface area contributed by atoms with E-state index >= 15 is 0 Å². The number of aliphatic hydroxyl groups excluding tert-OH is 1. The second-order valence-corrected chi connectivity index (χ2v) is 18.7. The Morgan fingerprint density at radius 2 is 1.44 bits per heavy atom. The lowest BCUT2D eigenvalue weighted by atomic mass is 9.80. The first kappa shape index (κ1) is 36.9. The predicted molar refractivity (Wildman–Crippen MR) is 193 cm³/mol. The number of anilines is 1. The van der Waals surface area contributed by atoms with E-state index in [1.54, 1.807) is 14.2 Å². The van der Waals surface area contributed by atoms with Gasteiger partial charge in [-0.05, 0) is 65.2 Å². The van der Waals surface area contributed by atoms with Crippen molar-refractivity contribution in [2.45, 2.75) is 76.0 Å². The maximum Gasteiger partial charge on any atom is 0.351 e. The van der Waals surface area contributed by atoms with Gasteiger partial charge in [-0.2, -0.15) is 4.98 Å². The van der Waals surface area contributed by atoms with Crippen LogP contribution in [0.4, 0.5) is 5.82 Å². The summed E-state index contributed by atoms with van der Waals surface area (Å²) in [5, 5.41) is 14.2. The molecule has 2 N–H and O–H groups in total. The number of hydrogen-bond donors (Lipinski definition) is 2. The molecule has 0 unspecified atom stereocenters. The highest BCUT2D eigenvalue weighted by Gasteiger charge is 2.51. The number of carbonyl (C=O) groups excluding carboxylic acids is 1. The van der Waals surface area contributed by atoms with Gasteiger partial charge in [0.15, 0.2) is 14.5 Å². The molecular formula is C38H47N3O8Si. The van der Waals surface area contributed by atoms with Gasteiger partial charge in [0.05, 0.1) is 20.8 Å². The molecule has 4 aromatic rings. The lowest BCUT2D eigenvalue weighted by molar-refractivity contribution is -0.114. The first-order valence-corrected chi connectivity index (χ1v) is 19.5. The number of aromatic nitrogens is 2. The van der Waals surface area contributed by atoms with Crippen molar-refractivity contribution >= 4 is 20.0 Å². The minimum Gasteiger partial charge on any atom is -0.497 e. The van der Waals surface area contributed by atoms with Gasteiger partial charge in [0.1, 0.15) is 41.2 Å². The molecule has 12 heteroatoms. The number of amides is 1. The van der Waals surface area contributed by atoms with Gasteiger partial charge in [0, 0.05) is 13.1 Å². The minimum atomic E-state index is -2.49. The standard InChI is InChI=1S/C38H47N3O8Si/c1-25(42)39-32-22-23-41(36(44)40-32)35-33(43)34(49-50(7,8)37(2,3)4)31(48-35)24-47-38(26-12-10-9-11-13-26,27-14-18-29(45-5)19-15-27)28-16-20-30(46-6)21-17-28/h9-23,31,33-35,43H,24H2,1-8H3,(H,39,40,42,44)/t31-,33-,34-,35-/m1/s1. The average molecular weight is 702 g/mol. The third-order valence-electron chi connectivity index (χ3n) is 9.59. The highest BCUT2D eigenvalue weighted by Crippen LogP contribution is 2.45. The van der Waals surface area contributed by atoms with Crippen LogP contribution in [-0.2, 0) is 24.3 Å². The minimum absolute atomic E-state index is 0.0219. The molecule has 2 heterocycles. The number of methoxy groups -OCH3 is 2. The van der Waals surface area contributed by atoms with E-state index in [2.05, 4.69) is 44.2 Å². The Hall–Kier alpha value is -4.33. The molecule has 50 heavy (non-hydrogen) atoms. The molecule has 4 atom stereocenters. The Kier molecular flexibility index (Phi) is 11.0. The molecule has 266 valence electrons. The van der Waals surface area contributed by atoms with Crippen molar-refractivity contribution in [2.75, 3.05) is 26.1 Å². The molecule has 0 spiro atoms. The van der Waals surface area contributed by atoms with Gasteiger partial charge in [0.25, 0.3) is 0 Å². The number of nitrogens with one attached hydrogen (secondary N) is 1. The van der Waals surface area contributed by atoms with E-state index in [4.69, 9.17) is 23.4 Å². The van der Waals surface area contributed by atoms with Crippen LogP contribution in [0.15, 0.2) is 95.9 Å². The van der Waals surface area contributed by atoms with Crippen LogP contribution >= 0.6 is 0 Å². The fourth-order valence-corrected chi connectivity index (χ4v) is 7.21. The smallest absolute Gasteiger partial charge is 0.351 e. The maximum atomic E-state index is 13.2. The quantitative estimate of drug-likeness (QED) is 0.138. The molecule has 1 aromatic heterocycles. The topological polar surface area (TPSA) is 130 Å². The number of carbonyl (C=O) groups is 1. The van der Waals surface area contributed by atoms with Gasteiger partial charge in [-0.1, -0.05) is 75.4 Å². The summed E-state index contributed by atoms with van der Waals surface area (Å²) < 4.78 is 32.7. The van der Waals surface area contributed by atoms with E-state index in [9.17, 15) is 14.7 Å². The maximum absolute atomic E-state index is 13.2. The molecule has 1 aliphatic heterocycles. The number of rotatable bonds is 12. The molecule has 5 rings (SSSR count). The monoisotopic (exact) mass is 701 g/mol. The van der Waals surface area contributed by atoms with Gasteiger partial charge in [-0.15, -0.1) is 0 Å². The molecular weight excluding hydrogens is 655 g/mol. The fourth-order valence-electron chi connectivity index (χ4n) is 5.88. The van der Waals surface area contributed by atoms with E-state index in [0.29, 0.717) is 11.5 Å². The Balaban J connectivity index is 1.60. The molecule has 0 bridgehead atoms. The Morgan fingerprint density at radius 3 is 1.92 bits per heavy atom. The van der Waals surface area contributed by atoms with Gasteiger partial charge in [-0.25, -0.2) is 4.79 Å². The molecule has 11 nitrogen and oxygen atoms in total. The summed E-state index contributed by atoms with van der Waals surface area (Å²) in [6, 6.07) is 26.8. The molecule has 0 saturated carbocycles. The third kappa shape index (κ3) is 7.54. The fraction of sp³-hybridized carbons (Fsp3) is 0.395. The Morgan fingerprint density at radius 1 is 0.900 bits per heavy atom. The highest BCUT2D eigenvalue weighted by molar-refractivity contribution is 6.74. The van der Waals surface area contributed by atoms with Crippen molar-refractivity contribution < 1.29 is 33.3 Å². The molecule has 0 aliphatic carbocycles. The van der Waals surface area contributed by atoms with Crippen LogP contribution in [0.5, 0.6) is 11.5 Å². The van der Waals surface area contributed by atoms with Crippen LogP contribution < -0.4 is 20.5 Å². The predicted octanol–water partition coefficient (Wildman–Crippen LogP) is 5.88. The van der Waals surface area contributed by atoms with E-state index < -0.39 is 44.1 Å². The summed E-state index contributed by atoms with van der Waals surface area (Å²) >= 11 is 0. The summed E-state index contributed by atoms with van der Waals surface area (Å²) in [5.74, 6) is 1.14. The summed E-state index contributed by atoms with van der Waals surface area (Å²) in [6.07, 6.45) is -2.56. The highest BCUT2D eigenvalue weighted by atomic mass is 28.4. The van der Waals surface area contributed by atoms with Crippen LogP contribution in [0, 0.1) is 0 Å². The number of ether oxygens (including phenoxy) is 4. The van der Waals surface area contributed by atoms with E-state index in [0.717, 1.165) is 16.7 Å². The largest absolute Gasteiger partial charge is 0.497 e. The molecule has 3 aromatic carbocycles. The first-order chi connectivity index (χ1) is 23.7. The average Bonchev–Trinajstić information content (AvgIpc) is 3.38. The van der Waals surface area contributed by atoms with Crippen LogP contribution in [0.2, 0.25) is 18.1 Å². The lowest BCUT2D eigenvalue weighted by Gasteiger charge is -2.41. The van der Waals surface area contributed by atoms with Crippen molar-refractivity contribution in [3.63, 3.8) is 0 Å². The number of nitrogens with zero attached hydrogens (tertiary/aromatic N) is 2. The van der Waals surface area contributed by atoms with E-state index in [1.165, 1.54) is 23.8 Å². The van der Waals surface area contributed by atoms with Gasteiger partial charge >= 0.3 is 5.69 Å². The number of aliphatic hydroxyl groups is 1. The van der Waals surface area contributed by atoms with E-state index in [1.807, 2.05) is 78.9 Å². The van der Waals surface area contributed by atoms with Crippen LogP contribution in [-0.4, -0.2) is 68.0 Å². The zero-order valence-electron chi connectivity index (χ0n) is 29.9. The first-order valence-electron chi connectivity index (χ1n) is 16.6. The summed E-state index contributed by atoms with van der Waals surface area (Å²) in [5.41, 5.74) is 0.692. The molecule has 1 fully saturated rings. The lowest BCUT2D eigenvalue weighted by Crippen LogP contribution is -2.50. The van der Waals surface area contributed by atoms with Crippen molar-refractivity contribution in [3.05, 3.63) is 118 Å². The van der Waals surface area contributed by atoms with Crippen molar-refractivity contribution in [2.24, 2.45) is 0 Å². The zero-order chi connectivity index (χ0) is 36.3. The van der Waals surface area contributed by atoms with Crippen LogP contribution in [0.3, 0.4) is 0 Å². The summed E-state index contributed by atoms with van der Waals surface area (Å²) in [7, 11) is 0.754. The van der Waals surface area contributed by atoms with Crippen LogP contribution in [0.1, 0.15) is 50.6 Å². The van der Waals surface area contributed by atoms with Crippen molar-refractivity contribution in [1.29, 1.82) is 0 Å². The Labute approximate surface area is 294 Å². The second kappa shape index (κ2) is 14.9. The Bertz CT molecular complexity index is 1760. The van der Waals surface area contributed by atoms with Gasteiger partial charge < -0.3 is 33.8 Å². The number of benzene rings is 3. The third-order valence-corrected chi connectivity index (χ3v) is 14.1. The zero-order valence-corrected chi connectivity index (χ0v) is 30.9. The summed E-state index contributed by atoms with van der Waals surface area (Å²) in [4.78, 5) is 28.8. The molecule has 1 saturated heterocycles. The molecule has 1 amide bonds. The normalized spacial score (nSPS) is 19.6. The SMILES string of the molecule is COc1ccc(C(OC[C@H]2O[C@@H](n3ccc(NC(C)=O)nc3=O)[C@H](O)[C@@H]2O[Si](C)(C)C(C)(C)C)(c2ccccc2)c2ccc(OC)cc2)cc1. The van der Waals surface area contributed by atoms with Crippen molar-refractivity contribution in [1.82, 2.24) is 9.55 Å². The second-order valence-electron chi connectivity index (χ2n) is 13.9. The number of hydrogen-bond acceptors (Lipinski definition) is 9.